The number of likely N-dealkylation sites (N-methyl/N-ethyl adjacent to an activating group) is 1. The van der Waals surface area contributed by atoms with Crippen molar-refractivity contribution in [1.82, 2.24) is 4.90 Å². The molecule has 0 bridgehead atoms. The first-order valence-electron chi connectivity index (χ1n) is 6.49. The van der Waals surface area contributed by atoms with Crippen LogP contribution in [0.3, 0.4) is 0 Å². The second kappa shape index (κ2) is 4.22. The van der Waals surface area contributed by atoms with Gasteiger partial charge in [-0.3, -0.25) is 9.15 Å². The van der Waals surface area contributed by atoms with Crippen LogP contribution in [-0.2, 0) is 12.8 Å². The molecule has 2 aromatic rings. The van der Waals surface area contributed by atoms with Crippen LogP contribution in [0.4, 0.5) is 0 Å². The third-order valence-electron chi connectivity index (χ3n) is 3.92. The zero-order chi connectivity index (χ0) is 11.8. The largest absolute Gasteiger partial charge is 0.303 e. The van der Waals surface area contributed by atoms with Gasteiger partial charge in [0.2, 0.25) is 11.2 Å². The number of hydrogen-bond acceptors (Lipinski definition) is 3. The van der Waals surface area contributed by atoms with Crippen LogP contribution in [0.2, 0.25) is 0 Å². The molecule has 0 amide bonds. The van der Waals surface area contributed by atoms with E-state index in [1.165, 1.54) is 30.5 Å². The van der Waals surface area contributed by atoms with E-state index in [0.29, 0.717) is 6.04 Å². The molecule has 17 heavy (non-hydrogen) atoms. The van der Waals surface area contributed by atoms with E-state index in [-0.39, 0.29) is 0 Å². The number of benzene rings is 1. The van der Waals surface area contributed by atoms with Crippen LogP contribution in [0, 0.1) is 0 Å². The quantitative estimate of drug-likeness (QED) is 0.762. The summed E-state index contributed by atoms with van der Waals surface area (Å²) in [4.78, 5) is 2.49. The predicted molar refractivity (Wildman–Crippen MR) is 67.2 cm³/mol. The zero-order valence-corrected chi connectivity index (χ0v) is 10.5. The number of aryl methyl sites for hydroxylation is 1. The van der Waals surface area contributed by atoms with Crippen molar-refractivity contribution in [2.24, 2.45) is 0 Å². The van der Waals surface area contributed by atoms with Crippen molar-refractivity contribution >= 4 is 11.2 Å². The van der Waals surface area contributed by atoms with Crippen molar-refractivity contribution < 1.29 is 9.15 Å². The zero-order valence-electron chi connectivity index (χ0n) is 10.5. The van der Waals surface area contributed by atoms with Gasteiger partial charge in [0.1, 0.15) is 0 Å². The second-order valence-electron chi connectivity index (χ2n) is 5.07. The molecule has 92 valence electrons. The molecule has 0 spiro atoms. The summed E-state index contributed by atoms with van der Waals surface area (Å²) in [7, 11) is 2.24. The molecular formula is C14H19NO2. The van der Waals surface area contributed by atoms with E-state index in [1.54, 1.807) is 0 Å². The molecule has 0 saturated carbocycles. The van der Waals surface area contributed by atoms with Crippen molar-refractivity contribution in [3.8, 4) is 0 Å². The van der Waals surface area contributed by atoms with Gasteiger partial charge in [-0.05, 0) is 50.9 Å². The summed E-state index contributed by atoms with van der Waals surface area (Å²) in [5.74, 6) is 0. The third-order valence-corrected chi connectivity index (χ3v) is 3.92. The minimum Gasteiger partial charge on any atom is -0.303 e. The molecule has 1 aromatic heterocycles. The Morgan fingerprint density at radius 1 is 1.35 bits per heavy atom. The molecule has 3 heteroatoms. The van der Waals surface area contributed by atoms with Crippen LogP contribution >= 0.6 is 0 Å². The fraction of sp³-hybridized carbons (Fsp3) is 0.571. The SMILES string of the molecule is CCCN(C)C1CCc2c(ccc3ooc23)C1. The summed E-state index contributed by atoms with van der Waals surface area (Å²) in [5, 5.41) is 0. The van der Waals surface area contributed by atoms with Crippen LogP contribution in [-0.4, -0.2) is 24.5 Å². The topological polar surface area (TPSA) is 29.5 Å². The molecule has 1 aliphatic rings. The van der Waals surface area contributed by atoms with Crippen LogP contribution < -0.4 is 0 Å². The Morgan fingerprint density at radius 2 is 2.24 bits per heavy atom. The van der Waals surface area contributed by atoms with Gasteiger partial charge in [-0.25, -0.2) is 0 Å². The van der Waals surface area contributed by atoms with Gasteiger partial charge < -0.3 is 4.90 Å². The van der Waals surface area contributed by atoms with E-state index < -0.39 is 0 Å². The summed E-state index contributed by atoms with van der Waals surface area (Å²) in [6.07, 6.45) is 4.70. The van der Waals surface area contributed by atoms with Crippen LogP contribution in [0.15, 0.2) is 21.3 Å². The Kier molecular flexibility index (Phi) is 2.71. The molecule has 1 unspecified atom stereocenters. The van der Waals surface area contributed by atoms with E-state index in [4.69, 9.17) is 9.15 Å². The highest BCUT2D eigenvalue weighted by atomic mass is 17.0. The van der Waals surface area contributed by atoms with Gasteiger partial charge in [0.05, 0.1) is 0 Å². The number of fused-ring (bicyclic) bond motifs is 3. The van der Waals surface area contributed by atoms with E-state index in [1.807, 2.05) is 6.07 Å². The second-order valence-corrected chi connectivity index (χ2v) is 5.07. The Balaban J connectivity index is 1.83. The first-order valence-corrected chi connectivity index (χ1v) is 6.49. The molecule has 1 atom stereocenters. The lowest BCUT2D eigenvalue weighted by atomic mass is 9.87. The van der Waals surface area contributed by atoms with Gasteiger partial charge in [0.15, 0.2) is 0 Å². The van der Waals surface area contributed by atoms with Crippen LogP contribution in [0.25, 0.3) is 11.2 Å². The molecule has 0 radical (unpaired) electrons. The van der Waals surface area contributed by atoms with Gasteiger partial charge in [-0.2, -0.15) is 0 Å². The molecule has 0 aliphatic heterocycles. The van der Waals surface area contributed by atoms with Gasteiger partial charge >= 0.3 is 0 Å². The Bertz CT molecular complexity index is 511. The van der Waals surface area contributed by atoms with Gasteiger partial charge in [0.25, 0.3) is 0 Å². The maximum atomic E-state index is 5.10. The molecular weight excluding hydrogens is 214 g/mol. The van der Waals surface area contributed by atoms with E-state index in [2.05, 4.69) is 24.9 Å². The Labute approximate surface area is 101 Å². The van der Waals surface area contributed by atoms with Crippen molar-refractivity contribution in [3.63, 3.8) is 0 Å². The molecule has 1 heterocycles. The average molecular weight is 233 g/mol. The third kappa shape index (κ3) is 1.78. The van der Waals surface area contributed by atoms with Crippen LogP contribution in [0.5, 0.6) is 0 Å². The average Bonchev–Trinajstić information content (AvgIpc) is 2.29. The van der Waals surface area contributed by atoms with E-state index in [0.717, 1.165) is 24.0 Å². The smallest absolute Gasteiger partial charge is 0.229 e. The molecule has 0 saturated heterocycles. The summed E-state index contributed by atoms with van der Waals surface area (Å²) in [5.41, 5.74) is 4.70. The predicted octanol–water partition coefficient (Wildman–Crippen LogP) is 3.22. The van der Waals surface area contributed by atoms with Crippen molar-refractivity contribution in [3.05, 3.63) is 23.3 Å². The maximum absolute atomic E-state index is 5.10. The number of nitrogens with zero attached hydrogens (tertiary/aromatic N) is 1. The highest BCUT2D eigenvalue weighted by Crippen LogP contribution is 2.32. The lowest BCUT2D eigenvalue weighted by Gasteiger charge is -2.32. The van der Waals surface area contributed by atoms with E-state index >= 15 is 0 Å². The lowest BCUT2D eigenvalue weighted by Crippen LogP contribution is -2.36. The van der Waals surface area contributed by atoms with Crippen molar-refractivity contribution in [1.29, 1.82) is 0 Å². The van der Waals surface area contributed by atoms with Crippen molar-refractivity contribution in [2.75, 3.05) is 13.6 Å². The highest BCUT2D eigenvalue weighted by molar-refractivity contribution is 5.76. The maximum Gasteiger partial charge on any atom is 0.229 e. The first kappa shape index (κ1) is 10.9. The summed E-state index contributed by atoms with van der Waals surface area (Å²) in [6.45, 7) is 3.42. The highest BCUT2D eigenvalue weighted by Gasteiger charge is 2.25. The molecule has 3 rings (SSSR count). The molecule has 3 nitrogen and oxygen atoms in total. The standard InChI is InChI=1S/C14H19NO2/c1-3-8-15(2)11-5-6-12-10(9-11)4-7-13-14(12)17-16-13/h4,7,11H,3,5-6,8-9H2,1-2H3. The van der Waals surface area contributed by atoms with E-state index in [9.17, 15) is 0 Å². The number of rotatable bonds is 3. The molecule has 1 aromatic carbocycles. The fourth-order valence-electron chi connectivity index (χ4n) is 2.90. The summed E-state index contributed by atoms with van der Waals surface area (Å²) >= 11 is 0. The Hall–Kier alpha value is -1.22. The van der Waals surface area contributed by atoms with Gasteiger partial charge in [0, 0.05) is 11.6 Å². The molecule has 0 N–H and O–H groups in total. The monoisotopic (exact) mass is 233 g/mol. The van der Waals surface area contributed by atoms with Crippen molar-refractivity contribution in [2.45, 2.75) is 38.6 Å². The normalized spacial score (nSPS) is 20.1. The summed E-state index contributed by atoms with van der Waals surface area (Å²) < 4.78 is 10.0. The minimum atomic E-state index is 0.682. The fourth-order valence-corrected chi connectivity index (χ4v) is 2.90. The molecule has 0 fully saturated rings. The number of hydrogen-bond donors (Lipinski definition) is 0. The van der Waals surface area contributed by atoms with Gasteiger partial charge in [-0.15, -0.1) is 0 Å². The summed E-state index contributed by atoms with van der Waals surface area (Å²) in [6, 6.07) is 4.91. The lowest BCUT2D eigenvalue weighted by molar-refractivity contribution is 0.0575. The molecule has 1 aliphatic carbocycles. The van der Waals surface area contributed by atoms with Crippen LogP contribution in [0.1, 0.15) is 30.9 Å². The minimum absolute atomic E-state index is 0.682. The van der Waals surface area contributed by atoms with Gasteiger partial charge in [-0.1, -0.05) is 13.0 Å². The first-order chi connectivity index (χ1) is 8.29. The Morgan fingerprint density at radius 3 is 2.94 bits per heavy atom.